The monoisotopic (exact) mass is 613 g/mol. The van der Waals surface area contributed by atoms with Crippen LogP contribution in [-0.2, 0) is 20.9 Å². The third-order valence-corrected chi connectivity index (χ3v) is 10.1. The molecule has 3 heterocycles. The summed E-state index contributed by atoms with van der Waals surface area (Å²) in [5, 5.41) is 2.95. The second-order valence-electron chi connectivity index (χ2n) is 9.24. The Morgan fingerprint density at radius 2 is 1.65 bits per heavy atom. The molecule has 1 N–H and O–H groups in total. The summed E-state index contributed by atoms with van der Waals surface area (Å²) in [6.45, 7) is -0.305. The molecular formula is C28H18Cl2FN3O4S2. The number of carbonyl (C=O) groups excluding carboxylic acids is 3. The van der Waals surface area contributed by atoms with Crippen LogP contribution in [0.4, 0.5) is 15.8 Å². The number of fused-ring (bicyclic) bond motifs is 2. The molecule has 0 aliphatic carbocycles. The van der Waals surface area contributed by atoms with Gasteiger partial charge in [0.2, 0.25) is 17.7 Å². The van der Waals surface area contributed by atoms with Gasteiger partial charge in [0.1, 0.15) is 17.6 Å². The van der Waals surface area contributed by atoms with Crippen molar-refractivity contribution < 1.29 is 18.8 Å². The number of halogens is 3. The molecule has 202 valence electrons. The molecule has 2 aliphatic heterocycles. The summed E-state index contributed by atoms with van der Waals surface area (Å²) in [7, 11) is 0. The molecule has 12 heteroatoms. The predicted molar refractivity (Wildman–Crippen MR) is 154 cm³/mol. The Balaban J connectivity index is 1.39. The van der Waals surface area contributed by atoms with Crippen molar-refractivity contribution in [2.75, 3.05) is 10.2 Å². The largest absolute Gasteiger partial charge is 0.324 e. The van der Waals surface area contributed by atoms with Crippen LogP contribution in [0.15, 0.2) is 82.6 Å². The quantitative estimate of drug-likeness (QED) is 0.288. The van der Waals surface area contributed by atoms with E-state index in [-0.39, 0.29) is 22.1 Å². The number of nitrogens with one attached hydrogen (secondary N) is 1. The Kier molecular flexibility index (Phi) is 7.03. The summed E-state index contributed by atoms with van der Waals surface area (Å²) in [5.74, 6) is -3.19. The average Bonchev–Trinajstić information content (AvgIpc) is 3.38. The van der Waals surface area contributed by atoms with Gasteiger partial charge in [0, 0.05) is 16.5 Å². The van der Waals surface area contributed by atoms with Gasteiger partial charge in [-0.25, -0.2) is 9.29 Å². The summed E-state index contributed by atoms with van der Waals surface area (Å²) in [4.78, 5) is 55.0. The molecule has 1 saturated heterocycles. The number of rotatable bonds is 5. The summed E-state index contributed by atoms with van der Waals surface area (Å²) in [6, 6.07) is 19.0. The molecule has 4 aromatic rings. The summed E-state index contributed by atoms with van der Waals surface area (Å²) >= 11 is 14.1. The van der Waals surface area contributed by atoms with Crippen LogP contribution in [0.5, 0.6) is 0 Å². The SMILES string of the molecule is O=C(Cn1c2c(sc1=O)C(c1ccccc1)C1C(=O)N(c3ccc(F)cc3)C(=O)C1S2)Nc1ccc(Cl)c(Cl)c1. The smallest absolute Gasteiger partial charge is 0.308 e. The Morgan fingerprint density at radius 1 is 0.925 bits per heavy atom. The number of amides is 3. The third kappa shape index (κ3) is 4.64. The number of anilines is 2. The molecule has 7 nitrogen and oxygen atoms in total. The Bertz CT molecular complexity index is 1730. The molecule has 1 aromatic heterocycles. The van der Waals surface area contributed by atoms with Gasteiger partial charge < -0.3 is 5.32 Å². The van der Waals surface area contributed by atoms with Crippen LogP contribution < -0.4 is 15.1 Å². The number of hydrogen-bond acceptors (Lipinski definition) is 6. The van der Waals surface area contributed by atoms with Crippen LogP contribution >= 0.6 is 46.3 Å². The molecule has 3 amide bonds. The minimum absolute atomic E-state index is 0.270. The molecule has 6 rings (SSSR count). The van der Waals surface area contributed by atoms with Crippen molar-refractivity contribution in [3.8, 4) is 0 Å². The fourth-order valence-corrected chi connectivity index (χ4v) is 8.11. The van der Waals surface area contributed by atoms with Crippen LogP contribution in [0.2, 0.25) is 10.0 Å². The van der Waals surface area contributed by atoms with E-state index in [1.54, 1.807) is 12.1 Å². The molecule has 3 unspecified atom stereocenters. The van der Waals surface area contributed by atoms with Gasteiger partial charge in [0.15, 0.2) is 0 Å². The molecule has 3 atom stereocenters. The summed E-state index contributed by atoms with van der Waals surface area (Å²) < 4.78 is 14.9. The lowest BCUT2D eigenvalue weighted by atomic mass is 9.83. The van der Waals surface area contributed by atoms with Crippen molar-refractivity contribution in [2.45, 2.75) is 22.7 Å². The van der Waals surface area contributed by atoms with Crippen molar-refractivity contribution in [3.63, 3.8) is 0 Å². The summed E-state index contributed by atoms with van der Waals surface area (Å²) in [5.41, 5.74) is 1.47. The van der Waals surface area contributed by atoms with Gasteiger partial charge in [-0.1, -0.05) is 76.6 Å². The van der Waals surface area contributed by atoms with E-state index in [9.17, 15) is 23.6 Å². The van der Waals surface area contributed by atoms with Crippen molar-refractivity contribution in [3.05, 3.63) is 109 Å². The number of aromatic nitrogens is 1. The number of hydrogen-bond donors (Lipinski definition) is 1. The first-order chi connectivity index (χ1) is 19.2. The normalized spacial score (nSPS) is 19.9. The molecule has 3 aromatic carbocycles. The zero-order valence-corrected chi connectivity index (χ0v) is 23.5. The second-order valence-corrected chi connectivity index (χ2v) is 12.2. The number of benzene rings is 3. The van der Waals surface area contributed by atoms with Gasteiger partial charge in [-0.05, 0) is 48.0 Å². The maximum atomic E-state index is 13.8. The highest BCUT2D eigenvalue weighted by molar-refractivity contribution is 8.00. The molecular weight excluding hydrogens is 596 g/mol. The standard InChI is InChI=1S/C28H18Cl2FN3O4S2/c29-18-11-8-16(12-19(18)30)32-20(35)13-33-27-24(40-28(33)38)21(14-4-2-1-3-5-14)22-23(39-27)26(37)34(25(22)36)17-9-6-15(31)7-10-17/h1-12,21-23H,13H2,(H,32,35). The van der Waals surface area contributed by atoms with E-state index >= 15 is 0 Å². The Hall–Kier alpha value is -3.44. The van der Waals surface area contributed by atoms with Crippen molar-refractivity contribution in [1.29, 1.82) is 0 Å². The number of imide groups is 1. The van der Waals surface area contributed by atoms with Gasteiger partial charge in [-0.2, -0.15) is 0 Å². The third-order valence-electron chi connectivity index (χ3n) is 6.80. The molecule has 0 bridgehead atoms. The number of carbonyl (C=O) groups is 3. The van der Waals surface area contributed by atoms with E-state index < -0.39 is 40.6 Å². The van der Waals surface area contributed by atoms with Crippen LogP contribution in [0.3, 0.4) is 0 Å². The fraction of sp³-hybridized carbons (Fsp3) is 0.143. The van der Waals surface area contributed by atoms with Gasteiger partial charge in [-0.15, -0.1) is 0 Å². The molecule has 2 aliphatic rings. The Labute approximate surface area is 245 Å². The van der Waals surface area contributed by atoms with Crippen molar-refractivity contribution in [2.24, 2.45) is 5.92 Å². The zero-order valence-electron chi connectivity index (χ0n) is 20.3. The highest BCUT2D eigenvalue weighted by Gasteiger charge is 2.56. The van der Waals surface area contributed by atoms with Gasteiger partial charge in [-0.3, -0.25) is 23.7 Å². The van der Waals surface area contributed by atoms with Crippen molar-refractivity contribution >= 4 is 75.4 Å². The van der Waals surface area contributed by atoms with E-state index in [1.165, 1.54) is 34.9 Å². The minimum atomic E-state index is -0.839. The van der Waals surface area contributed by atoms with E-state index in [2.05, 4.69) is 5.32 Å². The Morgan fingerprint density at radius 3 is 2.35 bits per heavy atom. The molecule has 0 spiro atoms. The van der Waals surface area contributed by atoms with Gasteiger partial charge in [0.25, 0.3) is 0 Å². The number of thiazole rings is 1. The second kappa shape index (κ2) is 10.5. The first kappa shape index (κ1) is 26.8. The molecule has 0 saturated carbocycles. The average molecular weight is 615 g/mol. The first-order valence-electron chi connectivity index (χ1n) is 12.1. The maximum Gasteiger partial charge on any atom is 0.308 e. The summed E-state index contributed by atoms with van der Waals surface area (Å²) in [6.07, 6.45) is 0. The van der Waals surface area contributed by atoms with Gasteiger partial charge >= 0.3 is 4.87 Å². The van der Waals surface area contributed by atoms with Crippen LogP contribution in [0, 0.1) is 11.7 Å². The van der Waals surface area contributed by atoms with Gasteiger partial charge in [0.05, 0.1) is 26.7 Å². The molecule has 1 fully saturated rings. The van der Waals surface area contributed by atoms with Crippen LogP contribution in [0.25, 0.3) is 0 Å². The predicted octanol–water partition coefficient (Wildman–Crippen LogP) is 5.79. The number of thioether (sulfide) groups is 1. The van der Waals surface area contributed by atoms with E-state index in [1.807, 2.05) is 30.3 Å². The fourth-order valence-electron chi connectivity index (χ4n) is 5.04. The molecule has 0 radical (unpaired) electrons. The highest BCUT2D eigenvalue weighted by Crippen LogP contribution is 2.53. The lowest BCUT2D eigenvalue weighted by molar-refractivity contribution is -0.122. The van der Waals surface area contributed by atoms with Crippen LogP contribution in [-0.4, -0.2) is 27.5 Å². The van der Waals surface area contributed by atoms with E-state index in [4.69, 9.17) is 23.2 Å². The van der Waals surface area contributed by atoms with E-state index in [0.717, 1.165) is 33.6 Å². The lowest BCUT2D eigenvalue weighted by Crippen LogP contribution is -2.33. The topological polar surface area (TPSA) is 88.5 Å². The minimum Gasteiger partial charge on any atom is -0.324 e. The zero-order chi connectivity index (χ0) is 28.1. The van der Waals surface area contributed by atoms with Crippen LogP contribution in [0.1, 0.15) is 16.4 Å². The van der Waals surface area contributed by atoms with Crippen molar-refractivity contribution in [1.82, 2.24) is 4.57 Å². The number of nitrogens with zero attached hydrogens (tertiary/aromatic N) is 2. The maximum absolute atomic E-state index is 13.8. The first-order valence-corrected chi connectivity index (χ1v) is 14.5. The highest BCUT2D eigenvalue weighted by atomic mass is 35.5. The lowest BCUT2D eigenvalue weighted by Gasteiger charge is -2.30. The van der Waals surface area contributed by atoms with E-state index in [0.29, 0.717) is 20.6 Å². The molecule has 40 heavy (non-hydrogen) atoms.